The van der Waals surface area contributed by atoms with Gasteiger partial charge in [-0.25, -0.2) is 0 Å². The first-order valence-electron chi connectivity index (χ1n) is 11.8. The summed E-state index contributed by atoms with van der Waals surface area (Å²) in [5.41, 5.74) is 14.1. The van der Waals surface area contributed by atoms with Gasteiger partial charge in [0.2, 0.25) is 0 Å². The minimum absolute atomic E-state index is 0.239. The minimum atomic E-state index is 0.239. The van der Waals surface area contributed by atoms with Crippen LogP contribution in [0.15, 0.2) is 103 Å². The maximum Gasteiger partial charge on any atom is 0.0367 e. The van der Waals surface area contributed by atoms with E-state index in [1.807, 2.05) is 0 Å². The van der Waals surface area contributed by atoms with E-state index in [1.54, 1.807) is 0 Å². The second kappa shape index (κ2) is 7.05. The van der Waals surface area contributed by atoms with Gasteiger partial charge in [0.05, 0.1) is 0 Å². The standard InChI is InChI=1S/C33H24/c1-21-9-8-16-29-28-14-6-7-15-30(28)33(31(21)29)32-26-13-5-4-10-22(26)17-18-27(32)25-19-23-11-2-3-12-24(23)20-25/h2-19,33H,20H2,1H3/t33-/m1/s1. The van der Waals surface area contributed by atoms with Gasteiger partial charge in [-0.2, -0.15) is 0 Å². The third-order valence-corrected chi connectivity index (χ3v) is 7.55. The highest BCUT2D eigenvalue weighted by Gasteiger charge is 2.34. The first kappa shape index (κ1) is 18.7. The van der Waals surface area contributed by atoms with Crippen LogP contribution >= 0.6 is 0 Å². The monoisotopic (exact) mass is 420 g/mol. The molecule has 0 aromatic heterocycles. The predicted octanol–water partition coefficient (Wildman–Crippen LogP) is 8.41. The Kier molecular flexibility index (Phi) is 3.98. The lowest BCUT2D eigenvalue weighted by Crippen LogP contribution is -2.06. The highest BCUT2D eigenvalue weighted by Crippen LogP contribution is 2.52. The van der Waals surface area contributed by atoms with Gasteiger partial charge >= 0.3 is 0 Å². The Morgan fingerprint density at radius 1 is 0.606 bits per heavy atom. The first-order valence-corrected chi connectivity index (χ1v) is 11.8. The molecule has 0 bridgehead atoms. The number of allylic oxidation sites excluding steroid dienone is 1. The van der Waals surface area contributed by atoms with Crippen molar-refractivity contribution in [2.24, 2.45) is 0 Å². The van der Waals surface area contributed by atoms with Gasteiger partial charge in [-0.05, 0) is 79.8 Å². The molecular formula is C33H24. The fourth-order valence-electron chi connectivity index (χ4n) is 6.09. The topological polar surface area (TPSA) is 0 Å². The number of fused-ring (bicyclic) bond motifs is 5. The molecule has 5 aromatic rings. The van der Waals surface area contributed by atoms with Crippen molar-refractivity contribution in [1.82, 2.24) is 0 Å². The van der Waals surface area contributed by atoms with Gasteiger partial charge in [0.1, 0.15) is 0 Å². The van der Waals surface area contributed by atoms with Crippen LogP contribution in [-0.4, -0.2) is 0 Å². The summed E-state index contributed by atoms with van der Waals surface area (Å²) < 4.78 is 0. The number of benzene rings is 5. The molecule has 0 N–H and O–H groups in total. The second-order valence-corrected chi connectivity index (χ2v) is 9.35. The fourth-order valence-corrected chi connectivity index (χ4v) is 6.09. The predicted molar refractivity (Wildman–Crippen MR) is 140 cm³/mol. The normalized spacial score (nSPS) is 15.8. The Bertz CT molecular complexity index is 1600. The summed E-state index contributed by atoms with van der Waals surface area (Å²) in [6.45, 7) is 2.27. The van der Waals surface area contributed by atoms with Crippen LogP contribution in [0.3, 0.4) is 0 Å². The summed E-state index contributed by atoms with van der Waals surface area (Å²) in [6, 6.07) is 38.2. The average Bonchev–Trinajstić information content (AvgIpc) is 3.43. The van der Waals surface area contributed by atoms with Gasteiger partial charge in [0, 0.05) is 5.92 Å². The van der Waals surface area contributed by atoms with Gasteiger partial charge < -0.3 is 0 Å². The molecule has 33 heavy (non-hydrogen) atoms. The molecule has 0 saturated carbocycles. The smallest absolute Gasteiger partial charge is 0.0367 e. The molecule has 5 aromatic carbocycles. The van der Waals surface area contributed by atoms with Gasteiger partial charge in [-0.15, -0.1) is 0 Å². The number of aryl methyl sites for hydroxylation is 1. The zero-order valence-corrected chi connectivity index (χ0v) is 18.7. The van der Waals surface area contributed by atoms with Crippen molar-refractivity contribution in [2.75, 3.05) is 0 Å². The van der Waals surface area contributed by atoms with Crippen molar-refractivity contribution in [3.8, 4) is 11.1 Å². The molecule has 0 heterocycles. The van der Waals surface area contributed by atoms with Gasteiger partial charge in [-0.1, -0.05) is 109 Å². The van der Waals surface area contributed by atoms with Crippen LogP contribution in [0.25, 0.3) is 33.5 Å². The van der Waals surface area contributed by atoms with Gasteiger partial charge in [-0.3, -0.25) is 0 Å². The van der Waals surface area contributed by atoms with Crippen molar-refractivity contribution >= 4 is 22.4 Å². The van der Waals surface area contributed by atoms with E-state index in [2.05, 4.69) is 116 Å². The molecular weight excluding hydrogens is 396 g/mol. The largest absolute Gasteiger partial charge is 0.0619 e. The zero-order chi connectivity index (χ0) is 21.9. The molecule has 0 fully saturated rings. The summed E-state index contributed by atoms with van der Waals surface area (Å²) in [5.74, 6) is 0.239. The van der Waals surface area contributed by atoms with Crippen LogP contribution in [0.4, 0.5) is 0 Å². The third kappa shape index (κ3) is 2.71. The SMILES string of the molecule is Cc1cccc2c1[C@H](c1c(C3=Cc4ccccc4C3)ccc3ccccc13)c1ccccc1-2. The number of hydrogen-bond acceptors (Lipinski definition) is 0. The van der Waals surface area contributed by atoms with Crippen LogP contribution in [0, 0.1) is 6.92 Å². The van der Waals surface area contributed by atoms with E-state index in [0.717, 1.165) is 6.42 Å². The van der Waals surface area contributed by atoms with E-state index in [1.165, 1.54) is 66.4 Å². The number of rotatable bonds is 2. The summed E-state index contributed by atoms with van der Waals surface area (Å²) in [4.78, 5) is 0. The molecule has 0 spiro atoms. The summed E-state index contributed by atoms with van der Waals surface area (Å²) in [5, 5.41) is 2.68. The Morgan fingerprint density at radius 2 is 1.39 bits per heavy atom. The van der Waals surface area contributed by atoms with E-state index in [0.29, 0.717) is 0 Å². The quantitative estimate of drug-likeness (QED) is 0.264. The molecule has 2 aliphatic rings. The molecule has 0 radical (unpaired) electrons. The summed E-state index contributed by atoms with van der Waals surface area (Å²) in [7, 11) is 0. The third-order valence-electron chi connectivity index (χ3n) is 7.55. The zero-order valence-electron chi connectivity index (χ0n) is 18.7. The summed E-state index contributed by atoms with van der Waals surface area (Å²) in [6.07, 6.45) is 3.40. The molecule has 0 saturated heterocycles. The fraction of sp³-hybridized carbons (Fsp3) is 0.0909. The lowest BCUT2D eigenvalue weighted by Gasteiger charge is -2.23. The Labute approximate surface area is 194 Å². The molecule has 7 rings (SSSR count). The molecule has 156 valence electrons. The minimum Gasteiger partial charge on any atom is -0.0619 e. The van der Waals surface area contributed by atoms with Crippen LogP contribution in [-0.2, 0) is 6.42 Å². The van der Waals surface area contributed by atoms with Gasteiger partial charge in [0.15, 0.2) is 0 Å². The highest BCUT2D eigenvalue weighted by atomic mass is 14.4. The van der Waals surface area contributed by atoms with Crippen LogP contribution in [0.2, 0.25) is 0 Å². The number of hydrogen-bond donors (Lipinski definition) is 0. The highest BCUT2D eigenvalue weighted by molar-refractivity contribution is 5.98. The molecule has 0 heteroatoms. The van der Waals surface area contributed by atoms with Crippen LogP contribution in [0.5, 0.6) is 0 Å². The average molecular weight is 421 g/mol. The van der Waals surface area contributed by atoms with Crippen molar-refractivity contribution in [1.29, 1.82) is 0 Å². The van der Waals surface area contributed by atoms with E-state index >= 15 is 0 Å². The van der Waals surface area contributed by atoms with Crippen molar-refractivity contribution in [3.63, 3.8) is 0 Å². The summed E-state index contributed by atoms with van der Waals surface area (Å²) >= 11 is 0. The lowest BCUT2D eigenvalue weighted by molar-refractivity contribution is 1.00. The van der Waals surface area contributed by atoms with Crippen LogP contribution < -0.4 is 0 Å². The molecule has 0 aliphatic heterocycles. The van der Waals surface area contributed by atoms with Crippen molar-refractivity contribution < 1.29 is 0 Å². The maximum absolute atomic E-state index is 2.41. The second-order valence-electron chi connectivity index (χ2n) is 9.35. The van der Waals surface area contributed by atoms with E-state index < -0.39 is 0 Å². The first-order chi connectivity index (χ1) is 16.3. The Morgan fingerprint density at radius 3 is 2.33 bits per heavy atom. The van der Waals surface area contributed by atoms with E-state index in [-0.39, 0.29) is 5.92 Å². The van der Waals surface area contributed by atoms with Crippen molar-refractivity contribution in [2.45, 2.75) is 19.3 Å². The maximum atomic E-state index is 2.41. The Balaban J connectivity index is 1.56. The molecule has 2 aliphatic carbocycles. The molecule has 0 unspecified atom stereocenters. The molecule has 1 atom stereocenters. The van der Waals surface area contributed by atoms with E-state index in [4.69, 9.17) is 0 Å². The lowest BCUT2D eigenvalue weighted by atomic mass is 9.80. The Hall–Kier alpha value is -3.90. The van der Waals surface area contributed by atoms with Crippen LogP contribution in [0.1, 0.15) is 44.9 Å². The van der Waals surface area contributed by atoms with Gasteiger partial charge in [0.25, 0.3) is 0 Å². The van der Waals surface area contributed by atoms with Crippen molar-refractivity contribution in [3.05, 3.63) is 142 Å². The van der Waals surface area contributed by atoms with E-state index in [9.17, 15) is 0 Å². The molecule has 0 amide bonds. The molecule has 0 nitrogen and oxygen atoms in total.